The summed E-state index contributed by atoms with van der Waals surface area (Å²) in [5.41, 5.74) is 3.58. The lowest BCUT2D eigenvalue weighted by Crippen LogP contribution is -2.05. The van der Waals surface area contributed by atoms with Crippen LogP contribution in [0.3, 0.4) is 0 Å². The van der Waals surface area contributed by atoms with Crippen LogP contribution in [0.2, 0.25) is 5.02 Å². The lowest BCUT2D eigenvalue weighted by molar-refractivity contribution is -0.139. The normalized spacial score (nSPS) is 11.4. The quantitative estimate of drug-likeness (QED) is 0.102. The van der Waals surface area contributed by atoms with Gasteiger partial charge >= 0.3 is 5.97 Å². The van der Waals surface area contributed by atoms with Crippen LogP contribution in [0.25, 0.3) is 0 Å². The van der Waals surface area contributed by atoms with E-state index in [1.54, 1.807) is 11.8 Å². The van der Waals surface area contributed by atoms with Crippen molar-refractivity contribution >= 4 is 35.0 Å². The Morgan fingerprint density at radius 3 is 2.65 bits per heavy atom. The fourth-order valence-corrected chi connectivity index (χ4v) is 4.34. The third-order valence-corrected chi connectivity index (χ3v) is 6.33. The number of benzene rings is 2. The maximum atomic E-state index is 11.4. The van der Waals surface area contributed by atoms with Crippen LogP contribution in [0, 0.1) is 0 Å². The fourth-order valence-electron chi connectivity index (χ4n) is 3.13. The van der Waals surface area contributed by atoms with E-state index < -0.39 is 0 Å². The van der Waals surface area contributed by atoms with Crippen molar-refractivity contribution in [2.75, 3.05) is 19.5 Å². The average Bonchev–Trinajstić information content (AvgIpc) is 2.77. The zero-order valence-corrected chi connectivity index (χ0v) is 19.9. The van der Waals surface area contributed by atoms with Gasteiger partial charge in [0.05, 0.1) is 30.9 Å². The molecule has 0 amide bonds. The third kappa shape index (κ3) is 7.78. The first-order chi connectivity index (χ1) is 15.0. The second-order valence-corrected chi connectivity index (χ2v) is 8.58. The molecule has 0 aliphatic rings. The van der Waals surface area contributed by atoms with Gasteiger partial charge in [0.25, 0.3) is 0 Å². The Labute approximate surface area is 193 Å². The molecule has 0 aliphatic heterocycles. The van der Waals surface area contributed by atoms with Crippen LogP contribution >= 0.6 is 23.4 Å². The molecule has 2 rings (SSSR count). The first-order valence-electron chi connectivity index (χ1n) is 10.5. The molecule has 0 aliphatic carbocycles. The van der Waals surface area contributed by atoms with Crippen molar-refractivity contribution < 1.29 is 19.5 Å². The van der Waals surface area contributed by atoms with Crippen molar-refractivity contribution in [1.29, 1.82) is 0 Å². The van der Waals surface area contributed by atoms with Crippen molar-refractivity contribution in [2.45, 2.75) is 50.8 Å². The minimum atomic E-state index is -0.279. The van der Waals surface area contributed by atoms with Gasteiger partial charge < -0.3 is 14.7 Å². The molecule has 31 heavy (non-hydrogen) atoms. The Kier molecular flexibility index (Phi) is 10.7. The highest BCUT2D eigenvalue weighted by molar-refractivity contribution is 7.99. The summed E-state index contributed by atoms with van der Waals surface area (Å²) in [5, 5.41) is 13.2. The van der Waals surface area contributed by atoms with Gasteiger partial charge in [-0.2, -0.15) is 0 Å². The number of nitrogens with zero attached hydrogens (tertiary/aromatic N) is 1. The lowest BCUT2D eigenvalue weighted by atomic mass is 10.0. The van der Waals surface area contributed by atoms with Gasteiger partial charge in [-0.1, -0.05) is 43.1 Å². The summed E-state index contributed by atoms with van der Waals surface area (Å²) in [4.78, 5) is 12.4. The molecule has 5 nitrogen and oxygen atoms in total. The van der Waals surface area contributed by atoms with Gasteiger partial charge in [-0.25, -0.2) is 0 Å². The molecule has 0 aromatic heterocycles. The van der Waals surface area contributed by atoms with Gasteiger partial charge in [0, 0.05) is 10.6 Å². The molecule has 0 unspecified atom stereocenters. The molecule has 0 bridgehead atoms. The van der Waals surface area contributed by atoms with Crippen molar-refractivity contribution in [3.8, 4) is 5.75 Å². The molecule has 0 saturated heterocycles. The molecule has 2 aromatic carbocycles. The number of halogens is 1. The molecule has 1 N–H and O–H groups in total. The summed E-state index contributed by atoms with van der Waals surface area (Å²) in [6.07, 6.45) is 3.69. The molecule has 0 saturated carbocycles. The molecular weight excluding hydrogens is 434 g/mol. The largest absolute Gasteiger partial charge is 0.493 e. The molecule has 0 radical (unpaired) electrons. The zero-order valence-electron chi connectivity index (χ0n) is 18.3. The average molecular weight is 464 g/mol. The highest BCUT2D eigenvalue weighted by Gasteiger charge is 2.10. The van der Waals surface area contributed by atoms with Crippen LogP contribution in [0.5, 0.6) is 5.75 Å². The standard InChI is InChI=1S/C24H30ClNO4S/c1-4-7-19-16-18(21(5-2)26-28)9-10-22(19)30-12-6-13-31-23-11-8-17(14-20(23)25)15-24(27)29-3/h8-11,14,16,28H,4-7,12-13,15H2,1-3H3/b26-21+. The molecular formula is C24H30ClNO4S. The number of carbonyl (C=O) groups excluding carboxylic acids is 1. The number of rotatable bonds is 12. The van der Waals surface area contributed by atoms with E-state index in [2.05, 4.69) is 22.9 Å². The minimum Gasteiger partial charge on any atom is -0.493 e. The third-order valence-electron chi connectivity index (χ3n) is 4.74. The highest BCUT2D eigenvalue weighted by atomic mass is 35.5. The summed E-state index contributed by atoms with van der Waals surface area (Å²) in [6, 6.07) is 11.6. The summed E-state index contributed by atoms with van der Waals surface area (Å²) >= 11 is 8.02. The Morgan fingerprint density at radius 2 is 2.00 bits per heavy atom. The van der Waals surface area contributed by atoms with Crippen molar-refractivity contribution in [3.05, 3.63) is 58.1 Å². The number of esters is 1. The molecule has 2 aromatic rings. The number of thioether (sulfide) groups is 1. The molecule has 0 fully saturated rings. The van der Waals surface area contributed by atoms with E-state index in [1.165, 1.54) is 7.11 Å². The predicted molar refractivity (Wildman–Crippen MR) is 127 cm³/mol. The maximum absolute atomic E-state index is 11.4. The number of oxime groups is 1. The van der Waals surface area contributed by atoms with Crippen LogP contribution in [0.15, 0.2) is 46.4 Å². The van der Waals surface area contributed by atoms with E-state index in [0.29, 0.717) is 23.8 Å². The van der Waals surface area contributed by atoms with Gasteiger partial charge in [-0.3, -0.25) is 4.79 Å². The number of hydrogen-bond donors (Lipinski definition) is 1. The van der Waals surface area contributed by atoms with Crippen LogP contribution in [-0.2, 0) is 22.4 Å². The fraction of sp³-hybridized carbons (Fsp3) is 0.417. The van der Waals surface area contributed by atoms with E-state index >= 15 is 0 Å². The van der Waals surface area contributed by atoms with Gasteiger partial charge in [0.1, 0.15) is 5.75 Å². The number of aryl methyl sites for hydroxylation is 1. The second-order valence-electron chi connectivity index (χ2n) is 7.04. The smallest absolute Gasteiger partial charge is 0.309 e. The monoisotopic (exact) mass is 463 g/mol. The van der Waals surface area contributed by atoms with E-state index in [9.17, 15) is 10.0 Å². The van der Waals surface area contributed by atoms with Gasteiger partial charge in [0.15, 0.2) is 0 Å². The SMILES string of the molecule is CCCc1cc(/C(CC)=N/O)ccc1OCCCSc1ccc(CC(=O)OC)cc1Cl. The van der Waals surface area contributed by atoms with Crippen LogP contribution in [0.1, 0.15) is 49.8 Å². The van der Waals surface area contributed by atoms with Crippen molar-refractivity contribution in [3.63, 3.8) is 0 Å². The molecule has 168 valence electrons. The predicted octanol–water partition coefficient (Wildman–Crippen LogP) is 6.16. The summed E-state index contributed by atoms with van der Waals surface area (Å²) in [5.74, 6) is 1.47. The molecule has 0 spiro atoms. The van der Waals surface area contributed by atoms with E-state index in [0.717, 1.165) is 52.4 Å². The summed E-state index contributed by atoms with van der Waals surface area (Å²) in [6.45, 7) is 4.71. The van der Waals surface area contributed by atoms with E-state index in [1.807, 2.05) is 37.3 Å². The number of ether oxygens (including phenoxy) is 2. The minimum absolute atomic E-state index is 0.220. The second kappa shape index (κ2) is 13.3. The first-order valence-corrected chi connectivity index (χ1v) is 11.8. The summed E-state index contributed by atoms with van der Waals surface area (Å²) in [7, 11) is 1.38. The Morgan fingerprint density at radius 1 is 1.19 bits per heavy atom. The summed E-state index contributed by atoms with van der Waals surface area (Å²) < 4.78 is 10.7. The maximum Gasteiger partial charge on any atom is 0.309 e. The number of hydrogen-bond acceptors (Lipinski definition) is 6. The van der Waals surface area contributed by atoms with E-state index in [-0.39, 0.29) is 12.4 Å². The van der Waals surface area contributed by atoms with Crippen molar-refractivity contribution in [2.24, 2.45) is 5.16 Å². The number of carbonyl (C=O) groups is 1. The lowest BCUT2D eigenvalue weighted by Gasteiger charge is -2.13. The highest BCUT2D eigenvalue weighted by Crippen LogP contribution is 2.29. The van der Waals surface area contributed by atoms with Gasteiger partial charge in [0.2, 0.25) is 0 Å². The van der Waals surface area contributed by atoms with Crippen molar-refractivity contribution in [1.82, 2.24) is 0 Å². The Hall–Kier alpha value is -2.18. The number of methoxy groups -OCH3 is 1. The van der Waals surface area contributed by atoms with Gasteiger partial charge in [-0.15, -0.1) is 11.8 Å². The zero-order chi connectivity index (χ0) is 22.6. The van der Waals surface area contributed by atoms with Crippen LogP contribution in [0.4, 0.5) is 0 Å². The van der Waals surface area contributed by atoms with E-state index in [4.69, 9.17) is 16.3 Å². The molecule has 0 atom stereocenters. The Bertz CT molecular complexity index is 901. The first kappa shape index (κ1) is 25.1. The molecule has 7 heteroatoms. The van der Waals surface area contributed by atoms with Crippen LogP contribution in [-0.4, -0.2) is 36.4 Å². The van der Waals surface area contributed by atoms with Gasteiger partial charge in [-0.05, 0) is 66.3 Å². The van der Waals surface area contributed by atoms with Crippen LogP contribution < -0.4 is 4.74 Å². The molecule has 0 heterocycles. The topological polar surface area (TPSA) is 68.1 Å². The Balaban J connectivity index is 1.88.